The first-order valence-electron chi connectivity index (χ1n) is 12.2. The lowest BCUT2D eigenvalue weighted by molar-refractivity contribution is 0.173. The molecule has 0 radical (unpaired) electrons. The summed E-state index contributed by atoms with van der Waals surface area (Å²) in [6, 6.07) is 0. The van der Waals surface area contributed by atoms with Crippen molar-refractivity contribution in [1.82, 2.24) is 19.5 Å². The van der Waals surface area contributed by atoms with E-state index < -0.39 is 0 Å². The van der Waals surface area contributed by atoms with Crippen molar-refractivity contribution in [2.45, 2.75) is 72.6 Å². The van der Waals surface area contributed by atoms with Gasteiger partial charge in [-0.05, 0) is 70.1 Å². The lowest BCUT2D eigenvalue weighted by atomic mass is 9.65. The van der Waals surface area contributed by atoms with Gasteiger partial charge in [-0.1, -0.05) is 49.3 Å². The van der Waals surface area contributed by atoms with Crippen LogP contribution in [-0.2, 0) is 11.9 Å². The van der Waals surface area contributed by atoms with Crippen molar-refractivity contribution in [3.63, 3.8) is 0 Å². The van der Waals surface area contributed by atoms with Crippen molar-refractivity contribution in [1.29, 1.82) is 0 Å². The number of hydroxylamine groups is 1. The van der Waals surface area contributed by atoms with Crippen LogP contribution in [0, 0.1) is 11.3 Å². The summed E-state index contributed by atoms with van der Waals surface area (Å²) in [5, 5.41) is 1.76. The monoisotopic (exact) mass is 451 g/mol. The molecule has 0 unspecified atom stereocenters. The quantitative estimate of drug-likeness (QED) is 0.302. The highest BCUT2D eigenvalue weighted by Crippen LogP contribution is 2.45. The average Bonchev–Trinajstić information content (AvgIpc) is 3.15. The van der Waals surface area contributed by atoms with E-state index >= 15 is 0 Å². The van der Waals surface area contributed by atoms with E-state index in [1.807, 2.05) is 11.6 Å². The van der Waals surface area contributed by atoms with Gasteiger partial charge in [-0.25, -0.2) is 20.0 Å². The summed E-state index contributed by atoms with van der Waals surface area (Å²) in [6.07, 6.45) is 16.2. The maximum atomic E-state index is 5.59. The third-order valence-corrected chi connectivity index (χ3v) is 7.15. The lowest BCUT2D eigenvalue weighted by Crippen LogP contribution is -2.29. The standard InChI is InChI=1S/C27H41N5O/c1-20(13-14-23-22(3)12-9-16-27(23,4)5)10-8-11-21(2)15-17-32(33-7)26-24-25(28-18-29-26)31(6)19-30-24/h10,15,18-19,23H,3,8-9,11-14,16-17H2,1-2,4-7H3/b20-10+,21-15+/t23-/m1/s1. The summed E-state index contributed by atoms with van der Waals surface area (Å²) in [5.74, 6) is 1.35. The fraction of sp³-hybridized carbons (Fsp3) is 0.593. The largest absolute Gasteiger partial charge is 0.318 e. The van der Waals surface area contributed by atoms with Gasteiger partial charge in [-0.15, -0.1) is 0 Å². The zero-order chi connectivity index (χ0) is 24.0. The molecule has 3 rings (SSSR count). The first-order chi connectivity index (χ1) is 15.7. The molecule has 0 amide bonds. The van der Waals surface area contributed by atoms with E-state index in [9.17, 15) is 0 Å². The molecule has 0 aliphatic heterocycles. The maximum absolute atomic E-state index is 5.59. The highest BCUT2D eigenvalue weighted by Gasteiger charge is 2.33. The van der Waals surface area contributed by atoms with E-state index in [0.29, 0.717) is 23.7 Å². The molecule has 1 atom stereocenters. The Morgan fingerprint density at radius 2 is 1.97 bits per heavy atom. The predicted molar refractivity (Wildman–Crippen MR) is 137 cm³/mol. The van der Waals surface area contributed by atoms with Crippen molar-refractivity contribution in [2.24, 2.45) is 18.4 Å². The highest BCUT2D eigenvalue weighted by atomic mass is 16.7. The van der Waals surface area contributed by atoms with Crippen molar-refractivity contribution in [2.75, 3.05) is 18.7 Å². The molecular weight excluding hydrogens is 410 g/mol. The zero-order valence-corrected chi connectivity index (χ0v) is 21.4. The molecule has 0 bridgehead atoms. The Morgan fingerprint density at radius 1 is 1.21 bits per heavy atom. The fourth-order valence-electron chi connectivity index (χ4n) is 4.99. The molecule has 6 nitrogen and oxygen atoms in total. The summed E-state index contributed by atoms with van der Waals surface area (Å²) in [5.41, 5.74) is 6.24. The van der Waals surface area contributed by atoms with Gasteiger partial charge in [-0.3, -0.25) is 4.84 Å². The average molecular weight is 452 g/mol. The number of aryl methyl sites for hydroxylation is 1. The van der Waals surface area contributed by atoms with Crippen molar-refractivity contribution >= 4 is 17.0 Å². The number of aromatic nitrogens is 4. The number of nitrogens with zero attached hydrogens (tertiary/aromatic N) is 5. The molecule has 2 aromatic rings. The van der Waals surface area contributed by atoms with Gasteiger partial charge in [0.25, 0.3) is 0 Å². The van der Waals surface area contributed by atoms with Gasteiger partial charge in [0.05, 0.1) is 20.0 Å². The van der Waals surface area contributed by atoms with Gasteiger partial charge in [0.1, 0.15) is 6.33 Å². The van der Waals surface area contributed by atoms with Crippen LogP contribution in [-0.4, -0.2) is 33.2 Å². The van der Waals surface area contributed by atoms with E-state index in [1.54, 1.807) is 24.8 Å². The van der Waals surface area contributed by atoms with Crippen LogP contribution in [0.4, 0.5) is 5.82 Å². The molecule has 0 spiro atoms. The molecule has 2 aromatic heterocycles. The fourth-order valence-corrected chi connectivity index (χ4v) is 4.99. The second-order valence-corrected chi connectivity index (χ2v) is 10.2. The van der Waals surface area contributed by atoms with E-state index in [2.05, 4.69) is 61.4 Å². The van der Waals surface area contributed by atoms with Gasteiger partial charge in [0.2, 0.25) is 0 Å². The van der Waals surface area contributed by atoms with Crippen LogP contribution >= 0.6 is 0 Å². The Kier molecular flexibility index (Phi) is 8.46. The summed E-state index contributed by atoms with van der Waals surface area (Å²) in [4.78, 5) is 18.7. The van der Waals surface area contributed by atoms with Gasteiger partial charge in [0, 0.05) is 7.05 Å². The minimum Gasteiger partial charge on any atom is -0.318 e. The smallest absolute Gasteiger partial charge is 0.184 e. The minimum atomic E-state index is 0.396. The second kappa shape index (κ2) is 11.1. The number of allylic oxidation sites excluding steroid dienone is 4. The van der Waals surface area contributed by atoms with Crippen LogP contribution in [0.25, 0.3) is 11.2 Å². The van der Waals surface area contributed by atoms with Crippen molar-refractivity contribution in [3.05, 3.63) is 48.1 Å². The van der Waals surface area contributed by atoms with Gasteiger partial charge in [-0.2, -0.15) is 0 Å². The number of fused-ring (bicyclic) bond motifs is 1. The number of hydrogen-bond acceptors (Lipinski definition) is 5. The molecule has 6 heteroatoms. The SMILES string of the molecule is C=C1CCCC(C)(C)[C@@H]1CC/C(C)=C/CC/C(C)=C/CN(OC)c1ncnc2c1ncn2C. The molecule has 0 N–H and O–H groups in total. The molecule has 1 aliphatic carbocycles. The summed E-state index contributed by atoms with van der Waals surface area (Å²) in [7, 11) is 3.59. The van der Waals surface area contributed by atoms with Crippen LogP contribution in [0.2, 0.25) is 0 Å². The van der Waals surface area contributed by atoms with Crippen LogP contribution in [0.15, 0.2) is 48.1 Å². The topological polar surface area (TPSA) is 56.1 Å². The molecule has 1 aliphatic rings. The molecule has 2 heterocycles. The minimum absolute atomic E-state index is 0.396. The number of anilines is 1. The molecule has 33 heavy (non-hydrogen) atoms. The van der Waals surface area contributed by atoms with Gasteiger partial charge in [0.15, 0.2) is 17.0 Å². The maximum Gasteiger partial charge on any atom is 0.184 e. The summed E-state index contributed by atoms with van der Waals surface area (Å²) >= 11 is 0. The molecule has 0 aromatic carbocycles. The normalized spacial score (nSPS) is 19.3. The van der Waals surface area contributed by atoms with E-state index in [-0.39, 0.29) is 0 Å². The Labute approximate surface area is 199 Å². The molecule has 0 saturated heterocycles. The van der Waals surface area contributed by atoms with Gasteiger partial charge >= 0.3 is 0 Å². The van der Waals surface area contributed by atoms with Crippen molar-refractivity contribution < 1.29 is 4.84 Å². The summed E-state index contributed by atoms with van der Waals surface area (Å²) < 4.78 is 1.88. The summed E-state index contributed by atoms with van der Waals surface area (Å²) in [6.45, 7) is 14.3. The molecule has 1 saturated carbocycles. The van der Waals surface area contributed by atoms with Crippen molar-refractivity contribution in [3.8, 4) is 0 Å². The number of hydrogen-bond donors (Lipinski definition) is 0. The number of imidazole rings is 1. The Hall–Kier alpha value is -2.47. The van der Waals surface area contributed by atoms with Crippen LogP contribution < -0.4 is 5.06 Å². The number of rotatable bonds is 10. The lowest BCUT2D eigenvalue weighted by Gasteiger charge is -2.40. The van der Waals surface area contributed by atoms with Crippen LogP contribution in [0.5, 0.6) is 0 Å². The van der Waals surface area contributed by atoms with E-state index in [1.165, 1.54) is 48.8 Å². The highest BCUT2D eigenvalue weighted by molar-refractivity contribution is 5.82. The second-order valence-electron chi connectivity index (χ2n) is 10.2. The Morgan fingerprint density at radius 3 is 2.70 bits per heavy atom. The molecule has 1 fully saturated rings. The predicted octanol–water partition coefficient (Wildman–Crippen LogP) is 6.57. The first-order valence-corrected chi connectivity index (χ1v) is 12.2. The van der Waals surface area contributed by atoms with Crippen LogP contribution in [0.3, 0.4) is 0 Å². The Balaban J connectivity index is 1.51. The van der Waals surface area contributed by atoms with E-state index in [0.717, 1.165) is 24.0 Å². The third-order valence-electron chi connectivity index (χ3n) is 7.15. The third kappa shape index (κ3) is 6.32. The van der Waals surface area contributed by atoms with E-state index in [4.69, 9.17) is 4.84 Å². The zero-order valence-electron chi connectivity index (χ0n) is 21.4. The van der Waals surface area contributed by atoms with Gasteiger partial charge < -0.3 is 4.57 Å². The first kappa shape index (κ1) is 25.2. The molecule has 180 valence electrons. The molecular formula is C27H41N5O. The Bertz CT molecular complexity index is 1020. The van der Waals surface area contributed by atoms with Crippen LogP contribution in [0.1, 0.15) is 72.6 Å².